The number of carbonyl (C=O) groups is 1. The first-order chi connectivity index (χ1) is 13.4. The molecule has 1 amide bonds. The predicted molar refractivity (Wildman–Crippen MR) is 112 cm³/mol. The van der Waals surface area contributed by atoms with Crippen molar-refractivity contribution in [3.05, 3.63) is 60.2 Å². The zero-order chi connectivity index (χ0) is 20.1. The third-order valence-electron chi connectivity index (χ3n) is 5.26. The Morgan fingerprint density at radius 3 is 2.46 bits per heavy atom. The number of hydrogen-bond acceptors (Lipinski definition) is 3. The summed E-state index contributed by atoms with van der Waals surface area (Å²) in [6.07, 6.45) is 2.34. The normalized spacial score (nSPS) is 19.1. The number of rotatable bonds is 6. The van der Waals surface area contributed by atoms with Crippen molar-refractivity contribution in [3.8, 4) is 0 Å². The van der Waals surface area contributed by atoms with Crippen molar-refractivity contribution in [2.45, 2.75) is 43.9 Å². The van der Waals surface area contributed by atoms with Crippen LogP contribution in [0.1, 0.15) is 44.6 Å². The average molecular weight is 401 g/mol. The Balaban J connectivity index is 1.61. The van der Waals surface area contributed by atoms with Crippen LogP contribution in [0, 0.1) is 5.92 Å². The second-order valence-corrected chi connectivity index (χ2v) is 9.64. The molecule has 1 heterocycles. The first kappa shape index (κ1) is 20.6. The summed E-state index contributed by atoms with van der Waals surface area (Å²) >= 11 is 0. The number of sulfonamides is 1. The van der Waals surface area contributed by atoms with Crippen LogP contribution in [0.2, 0.25) is 0 Å². The van der Waals surface area contributed by atoms with Gasteiger partial charge in [0.05, 0.1) is 4.90 Å². The van der Waals surface area contributed by atoms with Crippen molar-refractivity contribution in [2.24, 2.45) is 5.92 Å². The zero-order valence-electron chi connectivity index (χ0n) is 16.5. The van der Waals surface area contributed by atoms with Crippen molar-refractivity contribution in [3.63, 3.8) is 0 Å². The number of nitrogens with zero attached hydrogens (tertiary/aromatic N) is 1. The van der Waals surface area contributed by atoms with Crippen LogP contribution in [0.15, 0.2) is 59.5 Å². The number of amides is 1. The summed E-state index contributed by atoms with van der Waals surface area (Å²) in [6.45, 7) is 5.24. The summed E-state index contributed by atoms with van der Waals surface area (Å²) in [4.78, 5) is 12.6. The van der Waals surface area contributed by atoms with E-state index in [0.717, 1.165) is 18.4 Å². The fourth-order valence-corrected chi connectivity index (χ4v) is 5.21. The van der Waals surface area contributed by atoms with Gasteiger partial charge in [-0.15, -0.1) is 0 Å². The number of nitrogens with one attached hydrogen (secondary N) is 1. The maximum Gasteiger partial charge on any atom is 0.243 e. The van der Waals surface area contributed by atoms with Crippen molar-refractivity contribution >= 4 is 21.6 Å². The lowest BCUT2D eigenvalue weighted by Crippen LogP contribution is -2.39. The number of piperidine rings is 1. The van der Waals surface area contributed by atoms with Gasteiger partial charge in [-0.2, -0.15) is 4.31 Å². The summed E-state index contributed by atoms with van der Waals surface area (Å²) in [6, 6.07) is 16.4. The Bertz CT molecular complexity index is 895. The monoisotopic (exact) mass is 400 g/mol. The van der Waals surface area contributed by atoms with Crippen LogP contribution in [0.5, 0.6) is 0 Å². The molecule has 0 spiro atoms. The van der Waals surface area contributed by atoms with Crippen molar-refractivity contribution < 1.29 is 13.2 Å². The Morgan fingerprint density at radius 1 is 1.14 bits per heavy atom. The highest BCUT2D eigenvalue weighted by Gasteiger charge is 2.28. The van der Waals surface area contributed by atoms with Crippen molar-refractivity contribution in [1.82, 2.24) is 4.31 Å². The van der Waals surface area contributed by atoms with E-state index in [2.05, 4.69) is 12.2 Å². The van der Waals surface area contributed by atoms with Gasteiger partial charge in [-0.1, -0.05) is 44.2 Å². The van der Waals surface area contributed by atoms with Crippen LogP contribution in [-0.4, -0.2) is 31.7 Å². The first-order valence-corrected chi connectivity index (χ1v) is 11.3. The molecule has 28 heavy (non-hydrogen) atoms. The third-order valence-corrected chi connectivity index (χ3v) is 7.14. The van der Waals surface area contributed by atoms with Crippen LogP contribution in [0.25, 0.3) is 0 Å². The summed E-state index contributed by atoms with van der Waals surface area (Å²) in [7, 11) is -3.47. The van der Waals surface area contributed by atoms with Crippen LogP contribution < -0.4 is 5.32 Å². The van der Waals surface area contributed by atoms with E-state index in [4.69, 9.17) is 0 Å². The number of anilines is 1. The molecule has 6 heteroatoms. The lowest BCUT2D eigenvalue weighted by molar-refractivity contribution is -0.116. The maximum atomic E-state index is 12.8. The van der Waals surface area contributed by atoms with E-state index in [-0.39, 0.29) is 16.7 Å². The minimum absolute atomic E-state index is 0.0863. The van der Waals surface area contributed by atoms with Gasteiger partial charge >= 0.3 is 0 Å². The van der Waals surface area contributed by atoms with Gasteiger partial charge in [0.2, 0.25) is 15.9 Å². The molecule has 0 aromatic heterocycles. The molecule has 2 unspecified atom stereocenters. The molecule has 0 saturated carbocycles. The van der Waals surface area contributed by atoms with E-state index in [1.807, 2.05) is 37.3 Å². The van der Waals surface area contributed by atoms with Gasteiger partial charge in [-0.25, -0.2) is 8.42 Å². The fourth-order valence-electron chi connectivity index (χ4n) is 3.61. The second-order valence-electron chi connectivity index (χ2n) is 7.70. The van der Waals surface area contributed by atoms with Gasteiger partial charge in [0.1, 0.15) is 0 Å². The van der Waals surface area contributed by atoms with E-state index in [9.17, 15) is 13.2 Å². The first-order valence-electron chi connectivity index (χ1n) is 9.81. The number of benzene rings is 2. The molecule has 0 radical (unpaired) electrons. The third kappa shape index (κ3) is 5.00. The number of carbonyl (C=O) groups excluding carboxylic acids is 1. The Labute approximate surface area is 167 Å². The maximum absolute atomic E-state index is 12.8. The second kappa shape index (κ2) is 8.88. The fraction of sp³-hybridized carbons (Fsp3) is 0.409. The summed E-state index contributed by atoms with van der Waals surface area (Å²) in [5.41, 5.74) is 1.73. The quantitative estimate of drug-likeness (QED) is 0.789. The summed E-state index contributed by atoms with van der Waals surface area (Å²) in [5, 5.41) is 2.86. The summed E-state index contributed by atoms with van der Waals surface area (Å²) in [5.74, 6) is 0.410. The molecule has 2 aromatic carbocycles. The average Bonchev–Trinajstić information content (AvgIpc) is 2.69. The van der Waals surface area contributed by atoms with E-state index < -0.39 is 10.0 Å². The SMILES string of the molecule is CC1CCCN(S(=O)(=O)c2ccc(NC(=O)CC(C)c3ccccc3)cc2)C1. The molecule has 3 rings (SSSR count). The molecular weight excluding hydrogens is 372 g/mol. The standard InChI is InChI=1S/C22H28N2O3S/c1-17-7-6-14-24(16-17)28(26,27)21-12-10-20(11-13-21)23-22(25)15-18(2)19-8-4-3-5-9-19/h3-5,8-13,17-18H,6-7,14-16H2,1-2H3,(H,23,25). The molecule has 0 bridgehead atoms. The smallest absolute Gasteiger partial charge is 0.243 e. The highest BCUT2D eigenvalue weighted by atomic mass is 32.2. The molecule has 150 valence electrons. The van der Waals surface area contributed by atoms with Gasteiger partial charge < -0.3 is 5.32 Å². The van der Waals surface area contributed by atoms with Crippen LogP contribution >= 0.6 is 0 Å². The van der Waals surface area contributed by atoms with E-state index in [0.29, 0.717) is 31.1 Å². The summed E-state index contributed by atoms with van der Waals surface area (Å²) < 4.78 is 27.2. The molecule has 0 aliphatic carbocycles. The molecule has 1 aliphatic heterocycles. The molecule has 5 nitrogen and oxygen atoms in total. The highest BCUT2D eigenvalue weighted by molar-refractivity contribution is 7.89. The van der Waals surface area contributed by atoms with Crippen LogP contribution in [-0.2, 0) is 14.8 Å². The van der Waals surface area contributed by atoms with Crippen molar-refractivity contribution in [2.75, 3.05) is 18.4 Å². The van der Waals surface area contributed by atoms with Gasteiger partial charge in [0.25, 0.3) is 0 Å². The minimum atomic E-state index is -3.47. The van der Waals surface area contributed by atoms with Gasteiger partial charge in [-0.3, -0.25) is 4.79 Å². The molecule has 1 fully saturated rings. The molecule has 2 atom stereocenters. The highest BCUT2D eigenvalue weighted by Crippen LogP contribution is 2.25. The Hall–Kier alpha value is -2.18. The lowest BCUT2D eigenvalue weighted by Gasteiger charge is -2.30. The van der Waals surface area contributed by atoms with Crippen molar-refractivity contribution in [1.29, 1.82) is 0 Å². The number of hydrogen-bond donors (Lipinski definition) is 1. The Kier molecular flexibility index (Phi) is 6.52. The lowest BCUT2D eigenvalue weighted by atomic mass is 9.97. The van der Waals surface area contributed by atoms with Gasteiger partial charge in [0.15, 0.2) is 0 Å². The minimum Gasteiger partial charge on any atom is -0.326 e. The topological polar surface area (TPSA) is 66.5 Å². The molecule has 1 N–H and O–H groups in total. The van der Waals surface area contributed by atoms with Crippen LogP contribution in [0.3, 0.4) is 0 Å². The largest absolute Gasteiger partial charge is 0.326 e. The van der Waals surface area contributed by atoms with Crippen LogP contribution in [0.4, 0.5) is 5.69 Å². The molecular formula is C22H28N2O3S. The predicted octanol–water partition coefficient (Wildman–Crippen LogP) is 4.24. The van der Waals surface area contributed by atoms with Gasteiger partial charge in [-0.05, 0) is 54.5 Å². The zero-order valence-corrected chi connectivity index (χ0v) is 17.3. The molecule has 1 saturated heterocycles. The molecule has 2 aromatic rings. The van der Waals surface area contributed by atoms with Gasteiger partial charge in [0, 0.05) is 25.2 Å². The van der Waals surface area contributed by atoms with E-state index in [1.165, 1.54) is 0 Å². The Morgan fingerprint density at radius 2 is 1.82 bits per heavy atom. The van der Waals surface area contributed by atoms with E-state index in [1.54, 1.807) is 28.6 Å². The van der Waals surface area contributed by atoms with E-state index >= 15 is 0 Å². The molecule has 1 aliphatic rings.